The van der Waals surface area contributed by atoms with Crippen LogP contribution in [-0.2, 0) is 30.8 Å². The number of rotatable bonds is 0. The summed E-state index contributed by atoms with van der Waals surface area (Å²) < 4.78 is 8.88. The summed E-state index contributed by atoms with van der Waals surface area (Å²) in [6, 6.07) is 0. The van der Waals surface area contributed by atoms with Crippen molar-refractivity contribution < 1.29 is 50.6 Å². The minimum absolute atomic E-state index is 0. The summed E-state index contributed by atoms with van der Waals surface area (Å²) in [6.07, 6.45) is 0. The van der Waals surface area contributed by atoms with E-state index in [0.717, 1.165) is 0 Å². The fourth-order valence-corrected chi connectivity index (χ4v) is 0. The Kier molecular flexibility index (Phi) is 16.4. The van der Waals surface area contributed by atoms with Crippen molar-refractivity contribution in [3.05, 3.63) is 0 Å². The summed E-state index contributed by atoms with van der Waals surface area (Å²) in [4.78, 5) is 21.6. The summed E-state index contributed by atoms with van der Waals surface area (Å²) >= 11 is 0. The first-order chi connectivity index (χ1) is 3.41. The van der Waals surface area contributed by atoms with Crippen molar-refractivity contribution in [2.45, 2.75) is 6.92 Å². The second-order valence-electron chi connectivity index (χ2n) is 0.830. The van der Waals surface area contributed by atoms with Crippen molar-refractivity contribution in [1.82, 2.24) is 0 Å². The molecule has 0 bridgehead atoms. The van der Waals surface area contributed by atoms with Crippen LogP contribution in [0.3, 0.4) is 0 Å². The topological polar surface area (TPSA) is 98.0 Å². The van der Waals surface area contributed by atoms with Gasteiger partial charge in [-0.25, -0.2) is 4.57 Å². The Morgan fingerprint density at radius 3 is 1.33 bits per heavy atom. The molecule has 9 heavy (non-hydrogen) atoms. The van der Waals surface area contributed by atoms with Gasteiger partial charge >= 0.3 is 7.82 Å². The molecular weight excluding hydrogens is 226 g/mol. The van der Waals surface area contributed by atoms with Gasteiger partial charge in [0.25, 0.3) is 0 Å². The number of hydrogen-bond acceptors (Lipinski definition) is 2. The Morgan fingerprint density at radius 2 is 1.33 bits per heavy atom. The maximum absolute atomic E-state index is 8.88. The van der Waals surface area contributed by atoms with Crippen LogP contribution in [0, 0.1) is 0 Å². The van der Waals surface area contributed by atoms with E-state index in [-0.39, 0.29) is 32.8 Å². The molecule has 0 aliphatic rings. The van der Waals surface area contributed by atoms with Crippen molar-refractivity contribution in [2.75, 3.05) is 6.61 Å². The van der Waals surface area contributed by atoms with Crippen molar-refractivity contribution >= 4 is 7.82 Å². The van der Waals surface area contributed by atoms with E-state index in [9.17, 15) is 0 Å². The number of hydrogen-bond donors (Lipinski definition) is 4. The van der Waals surface area contributed by atoms with Crippen molar-refractivity contribution in [1.29, 1.82) is 0 Å². The number of aliphatic hydroxyl groups excluding tert-OH is 1. The minimum atomic E-state index is -4.64. The Bertz CT molecular complexity index is 70.8. The van der Waals surface area contributed by atoms with Crippen LogP contribution < -0.4 is 0 Å². The quantitative estimate of drug-likeness (QED) is 0.407. The second kappa shape index (κ2) is 8.95. The molecule has 0 atom stereocenters. The third-order valence-electron chi connectivity index (χ3n) is 0. The van der Waals surface area contributed by atoms with Gasteiger partial charge in [0.1, 0.15) is 0 Å². The van der Waals surface area contributed by atoms with Gasteiger partial charge < -0.3 is 19.8 Å². The molecule has 0 rings (SSSR count). The third-order valence-corrected chi connectivity index (χ3v) is 0. The van der Waals surface area contributed by atoms with E-state index in [1.807, 2.05) is 0 Å². The molecule has 0 fully saturated rings. The molecule has 0 spiro atoms. The van der Waals surface area contributed by atoms with Gasteiger partial charge in [0.2, 0.25) is 0 Å². The molecule has 0 saturated heterocycles. The van der Waals surface area contributed by atoms with Crippen LogP contribution in [0.5, 0.6) is 0 Å². The maximum Gasteiger partial charge on any atom is 0.466 e. The van der Waals surface area contributed by atoms with Crippen LogP contribution >= 0.6 is 7.82 Å². The molecule has 0 unspecified atom stereocenters. The van der Waals surface area contributed by atoms with Crippen LogP contribution in [0.1, 0.15) is 6.92 Å². The Balaban J connectivity index is -0.0000000800. The number of phosphoric acid groups is 1. The van der Waals surface area contributed by atoms with Gasteiger partial charge in [-0.05, 0) is 6.92 Å². The third kappa shape index (κ3) is 476. The molecule has 0 aromatic rings. The standard InChI is InChI=1S/C2H6O.H3O4P.Zr/c1-2-3;1-5(2,3)4;/h3H,2H2,1H3;(H3,1,2,3,4);. The van der Waals surface area contributed by atoms with Gasteiger partial charge in [0.05, 0.1) is 0 Å². The van der Waals surface area contributed by atoms with Crippen LogP contribution in [-0.4, -0.2) is 26.4 Å². The minimum Gasteiger partial charge on any atom is -0.397 e. The summed E-state index contributed by atoms with van der Waals surface area (Å²) in [7, 11) is -4.64. The van der Waals surface area contributed by atoms with E-state index in [1.165, 1.54) is 0 Å². The molecule has 0 amide bonds. The first-order valence-corrected chi connectivity index (χ1v) is 3.37. The van der Waals surface area contributed by atoms with Gasteiger partial charge in [0.15, 0.2) is 0 Å². The van der Waals surface area contributed by atoms with Gasteiger partial charge in [-0.2, -0.15) is 0 Å². The van der Waals surface area contributed by atoms with Crippen LogP contribution in [0.2, 0.25) is 0 Å². The summed E-state index contributed by atoms with van der Waals surface area (Å²) in [5.74, 6) is 0. The predicted molar refractivity (Wildman–Crippen MR) is 27.0 cm³/mol. The van der Waals surface area contributed by atoms with Crippen LogP contribution in [0.4, 0.5) is 0 Å². The van der Waals surface area contributed by atoms with E-state index < -0.39 is 7.82 Å². The van der Waals surface area contributed by atoms with Gasteiger partial charge in [-0.15, -0.1) is 0 Å². The molecule has 0 saturated carbocycles. The fourth-order valence-electron chi connectivity index (χ4n) is 0. The van der Waals surface area contributed by atoms with Gasteiger partial charge in [-0.3, -0.25) is 0 Å². The van der Waals surface area contributed by atoms with Crippen LogP contribution in [0.15, 0.2) is 0 Å². The first-order valence-electron chi connectivity index (χ1n) is 1.81. The molecule has 0 radical (unpaired) electrons. The molecule has 7 heteroatoms. The fraction of sp³-hybridized carbons (Fsp3) is 1.00. The van der Waals surface area contributed by atoms with E-state index in [0.29, 0.717) is 0 Å². The monoisotopic (exact) mass is 234 g/mol. The van der Waals surface area contributed by atoms with Crippen LogP contribution in [0.25, 0.3) is 0 Å². The zero-order valence-electron chi connectivity index (χ0n) is 4.85. The molecule has 0 heterocycles. The molecule has 5 nitrogen and oxygen atoms in total. The summed E-state index contributed by atoms with van der Waals surface area (Å²) in [6.45, 7) is 1.93. The van der Waals surface area contributed by atoms with E-state index >= 15 is 0 Å². The van der Waals surface area contributed by atoms with E-state index in [4.69, 9.17) is 24.4 Å². The molecule has 56 valence electrons. The Hall–Kier alpha value is 0.953. The van der Waals surface area contributed by atoms with Crippen molar-refractivity contribution in [2.24, 2.45) is 0 Å². The zero-order chi connectivity index (χ0) is 7.21. The first kappa shape index (κ1) is 16.5. The average Bonchev–Trinajstić information content (AvgIpc) is 1.27. The van der Waals surface area contributed by atoms with E-state index in [2.05, 4.69) is 0 Å². The normalized spacial score (nSPS) is 8.56. The second-order valence-corrected chi connectivity index (χ2v) is 1.86. The molecule has 0 aromatic heterocycles. The molecule has 4 N–H and O–H groups in total. The van der Waals surface area contributed by atoms with Gasteiger partial charge in [0, 0.05) is 32.8 Å². The summed E-state index contributed by atoms with van der Waals surface area (Å²) in [5.41, 5.74) is 0. The molecule has 0 aliphatic carbocycles. The Labute approximate surface area is 72.1 Å². The maximum atomic E-state index is 8.88. The zero-order valence-corrected chi connectivity index (χ0v) is 8.20. The molecule has 0 aliphatic heterocycles. The predicted octanol–water partition coefficient (Wildman–Crippen LogP) is -0.933. The summed E-state index contributed by atoms with van der Waals surface area (Å²) in [5, 5.41) is 7.57. The van der Waals surface area contributed by atoms with Gasteiger partial charge in [-0.1, -0.05) is 0 Å². The SMILES string of the molecule is CCO.O=P(O)(O)O.[Zr]. The largest absolute Gasteiger partial charge is 0.466 e. The Morgan fingerprint density at radius 1 is 1.33 bits per heavy atom. The average molecular weight is 235 g/mol. The van der Waals surface area contributed by atoms with Crippen molar-refractivity contribution in [3.8, 4) is 0 Å². The smallest absolute Gasteiger partial charge is 0.397 e. The molecule has 0 aromatic carbocycles. The molecular formula is C2H9O5PZr. The number of aliphatic hydroxyl groups is 1. The van der Waals surface area contributed by atoms with E-state index in [1.54, 1.807) is 6.92 Å². The van der Waals surface area contributed by atoms with Crippen molar-refractivity contribution in [3.63, 3.8) is 0 Å².